The van der Waals surface area contributed by atoms with Crippen molar-refractivity contribution in [2.45, 2.75) is 38.3 Å². The van der Waals surface area contributed by atoms with Crippen molar-refractivity contribution in [3.05, 3.63) is 35.1 Å². The van der Waals surface area contributed by atoms with E-state index in [9.17, 15) is 14.7 Å². The summed E-state index contributed by atoms with van der Waals surface area (Å²) in [5, 5.41) is 20.0. The number of terminal acetylenes is 1. The number of carboxylic acid groups (broad SMARTS) is 1. The summed E-state index contributed by atoms with van der Waals surface area (Å²) in [6, 6.07) is 6.36. The van der Waals surface area contributed by atoms with Crippen molar-refractivity contribution in [2.24, 2.45) is 11.8 Å². The third-order valence-electron chi connectivity index (χ3n) is 7.52. The summed E-state index contributed by atoms with van der Waals surface area (Å²) in [5.74, 6) is 2.81. The molecule has 1 atom stereocenters. The molecule has 214 valence electrons. The van der Waals surface area contributed by atoms with Crippen LogP contribution in [0.4, 0.5) is 10.7 Å². The summed E-state index contributed by atoms with van der Waals surface area (Å²) in [6.45, 7) is 1.47. The molecule has 2 aromatic heterocycles. The smallest absolute Gasteiger partial charge is 0.410 e. The molecule has 1 amide bonds. The quantitative estimate of drug-likeness (QED) is 0.172. The van der Waals surface area contributed by atoms with Crippen LogP contribution in [0.5, 0.6) is 0 Å². The van der Waals surface area contributed by atoms with E-state index in [0.29, 0.717) is 47.4 Å². The topological polar surface area (TPSA) is 156 Å². The molecule has 41 heavy (non-hydrogen) atoms. The minimum absolute atomic E-state index is 0.133. The molecule has 13 heteroatoms. The number of esters is 1. The molecule has 1 aromatic carbocycles. The number of hydrogen-bond donors (Lipinski definition) is 3. The molecule has 3 heterocycles. The van der Waals surface area contributed by atoms with Gasteiger partial charge in [-0.05, 0) is 43.7 Å². The fraction of sp³-hybridized carbons (Fsp3) is 0.429. The lowest BCUT2D eigenvalue weighted by atomic mass is 9.82. The number of anilines is 1. The standard InChI is InChI=1S/C28H30ClN7O5/c1-3-16-7-9-17(10-8-16)14-36-22-21(18-5-4-6-19(29)13-18)31-25(23(30)32-28(38)39)33-24(22)34-27(36)35-11-12-41-15-20(35)26(37)40-2/h1,4-6,13,16-17,20H,7-12,14-15H2,2H3,(H2,30,32)(H,38,39)/t16-,17-,20-/m0/s1. The number of hydrogen-bond acceptors (Lipinski definition) is 9. The molecular weight excluding hydrogens is 550 g/mol. The molecule has 2 fully saturated rings. The Bertz CT molecular complexity index is 1530. The van der Waals surface area contributed by atoms with Gasteiger partial charge in [-0.15, -0.1) is 12.3 Å². The zero-order valence-electron chi connectivity index (χ0n) is 22.5. The summed E-state index contributed by atoms with van der Waals surface area (Å²) in [5.41, 5.74) is 1.92. The van der Waals surface area contributed by atoms with Crippen LogP contribution >= 0.6 is 11.6 Å². The van der Waals surface area contributed by atoms with Gasteiger partial charge in [0.15, 0.2) is 23.3 Å². The normalized spacial score (nSPS) is 20.8. The van der Waals surface area contributed by atoms with E-state index >= 15 is 0 Å². The van der Waals surface area contributed by atoms with E-state index in [1.807, 2.05) is 20.9 Å². The number of aromatic nitrogens is 4. The van der Waals surface area contributed by atoms with Crippen LogP contribution in [0.2, 0.25) is 5.02 Å². The van der Waals surface area contributed by atoms with Crippen molar-refractivity contribution in [1.82, 2.24) is 24.8 Å². The third-order valence-corrected chi connectivity index (χ3v) is 7.75. The maximum atomic E-state index is 12.8. The molecule has 1 saturated carbocycles. The second-order valence-corrected chi connectivity index (χ2v) is 10.5. The Kier molecular flexibility index (Phi) is 8.37. The third kappa shape index (κ3) is 5.96. The molecule has 2 aliphatic rings. The Morgan fingerprint density at radius 2 is 2.05 bits per heavy atom. The highest BCUT2D eigenvalue weighted by Gasteiger charge is 2.35. The van der Waals surface area contributed by atoms with Gasteiger partial charge in [0.05, 0.1) is 20.3 Å². The molecular formula is C28H30ClN7O5. The second kappa shape index (κ2) is 12.1. The van der Waals surface area contributed by atoms with Crippen LogP contribution in [0.1, 0.15) is 31.5 Å². The molecule has 0 spiro atoms. The first-order chi connectivity index (χ1) is 19.8. The lowest BCUT2D eigenvalue weighted by Crippen LogP contribution is -2.51. The number of amidine groups is 1. The first-order valence-corrected chi connectivity index (χ1v) is 13.7. The Morgan fingerprint density at radius 3 is 2.73 bits per heavy atom. The number of fused-ring (bicyclic) bond motifs is 1. The highest BCUT2D eigenvalue weighted by molar-refractivity contribution is 6.30. The van der Waals surface area contributed by atoms with Crippen molar-refractivity contribution >= 4 is 46.6 Å². The van der Waals surface area contributed by atoms with Gasteiger partial charge in [-0.1, -0.05) is 23.7 Å². The second-order valence-electron chi connectivity index (χ2n) is 10.1. The predicted molar refractivity (Wildman–Crippen MR) is 152 cm³/mol. The highest BCUT2D eigenvalue weighted by Crippen LogP contribution is 2.36. The number of halogens is 1. The summed E-state index contributed by atoms with van der Waals surface area (Å²) in [6.07, 6.45) is 7.97. The fourth-order valence-corrected chi connectivity index (χ4v) is 5.66. The van der Waals surface area contributed by atoms with Crippen molar-refractivity contribution in [1.29, 1.82) is 5.41 Å². The minimum Gasteiger partial charge on any atom is -0.467 e. The van der Waals surface area contributed by atoms with E-state index in [2.05, 4.69) is 15.9 Å². The number of amides is 1. The van der Waals surface area contributed by atoms with Gasteiger partial charge in [-0.2, -0.15) is 4.98 Å². The average Bonchev–Trinajstić information content (AvgIpc) is 3.34. The van der Waals surface area contributed by atoms with Gasteiger partial charge in [-0.25, -0.2) is 19.6 Å². The Balaban J connectivity index is 1.72. The van der Waals surface area contributed by atoms with E-state index in [1.165, 1.54) is 7.11 Å². The van der Waals surface area contributed by atoms with E-state index < -0.39 is 23.9 Å². The van der Waals surface area contributed by atoms with Crippen LogP contribution in [-0.4, -0.2) is 75.4 Å². The number of imidazole rings is 1. The minimum atomic E-state index is -1.41. The monoisotopic (exact) mass is 579 g/mol. The lowest BCUT2D eigenvalue weighted by Gasteiger charge is -2.35. The largest absolute Gasteiger partial charge is 0.467 e. The van der Waals surface area contributed by atoms with Crippen molar-refractivity contribution in [3.8, 4) is 23.6 Å². The van der Waals surface area contributed by atoms with Gasteiger partial charge in [0, 0.05) is 29.6 Å². The number of carbonyl (C=O) groups is 2. The van der Waals surface area contributed by atoms with Crippen LogP contribution in [0.25, 0.3) is 22.4 Å². The van der Waals surface area contributed by atoms with Crippen LogP contribution in [0.15, 0.2) is 24.3 Å². The number of ether oxygens (including phenoxy) is 2. The van der Waals surface area contributed by atoms with E-state index in [-0.39, 0.29) is 29.9 Å². The maximum absolute atomic E-state index is 12.8. The molecule has 5 rings (SSSR count). The number of benzene rings is 1. The number of nitrogens with zero attached hydrogens (tertiary/aromatic N) is 5. The molecule has 12 nitrogen and oxygen atoms in total. The zero-order chi connectivity index (χ0) is 29.1. The number of morpholine rings is 1. The number of rotatable bonds is 6. The Labute approximate surface area is 241 Å². The van der Waals surface area contributed by atoms with Crippen molar-refractivity contribution < 1.29 is 24.2 Å². The van der Waals surface area contributed by atoms with Crippen molar-refractivity contribution in [2.75, 3.05) is 31.8 Å². The molecule has 0 radical (unpaired) electrons. The van der Waals surface area contributed by atoms with Crippen LogP contribution < -0.4 is 10.2 Å². The predicted octanol–water partition coefficient (Wildman–Crippen LogP) is 3.56. The zero-order valence-corrected chi connectivity index (χ0v) is 23.2. The van der Waals surface area contributed by atoms with E-state index in [1.54, 1.807) is 18.2 Å². The first kappa shape index (κ1) is 28.3. The van der Waals surface area contributed by atoms with Gasteiger partial charge >= 0.3 is 12.1 Å². The van der Waals surface area contributed by atoms with Crippen LogP contribution in [0, 0.1) is 29.6 Å². The van der Waals surface area contributed by atoms with Gasteiger partial charge in [0.2, 0.25) is 5.95 Å². The van der Waals surface area contributed by atoms with E-state index in [0.717, 1.165) is 25.7 Å². The van der Waals surface area contributed by atoms with Gasteiger partial charge < -0.3 is 24.0 Å². The summed E-state index contributed by atoms with van der Waals surface area (Å²) in [7, 11) is 1.33. The molecule has 0 bridgehead atoms. The average molecular weight is 580 g/mol. The number of carbonyl (C=O) groups excluding carboxylic acids is 1. The molecule has 3 N–H and O–H groups in total. The number of methoxy groups -OCH3 is 1. The molecule has 1 aliphatic carbocycles. The first-order valence-electron chi connectivity index (χ1n) is 13.3. The molecule has 1 saturated heterocycles. The van der Waals surface area contributed by atoms with Gasteiger partial charge in [-0.3, -0.25) is 10.7 Å². The van der Waals surface area contributed by atoms with Crippen LogP contribution in [0.3, 0.4) is 0 Å². The van der Waals surface area contributed by atoms with Crippen LogP contribution in [-0.2, 0) is 20.8 Å². The fourth-order valence-electron chi connectivity index (χ4n) is 5.47. The number of nitrogens with one attached hydrogen (secondary N) is 2. The SMILES string of the molecule is C#C[C@H]1CC[C@H](Cn2c(N3CCOC[C@H]3C(=O)OC)nc3nc(C(=N)NC(=O)O)nc(-c4cccc(Cl)c4)c32)CC1. The molecule has 1 aliphatic heterocycles. The lowest BCUT2D eigenvalue weighted by molar-refractivity contribution is -0.144. The van der Waals surface area contributed by atoms with E-state index in [4.69, 9.17) is 37.9 Å². The Morgan fingerprint density at radius 1 is 1.27 bits per heavy atom. The maximum Gasteiger partial charge on any atom is 0.410 e. The van der Waals surface area contributed by atoms with Crippen molar-refractivity contribution in [3.63, 3.8) is 0 Å². The summed E-state index contributed by atoms with van der Waals surface area (Å²) in [4.78, 5) is 39.9. The van der Waals surface area contributed by atoms with Gasteiger partial charge in [0.1, 0.15) is 11.2 Å². The Hall–Kier alpha value is -4.21. The summed E-state index contributed by atoms with van der Waals surface area (Å²) < 4.78 is 12.7. The highest BCUT2D eigenvalue weighted by atomic mass is 35.5. The molecule has 3 aromatic rings. The van der Waals surface area contributed by atoms with Gasteiger partial charge in [0.25, 0.3) is 0 Å². The summed E-state index contributed by atoms with van der Waals surface area (Å²) >= 11 is 6.35. The molecule has 0 unspecified atom stereocenters.